The normalized spacial score (nSPS) is 30.7. The summed E-state index contributed by atoms with van der Waals surface area (Å²) < 4.78 is 19.8. The van der Waals surface area contributed by atoms with Gasteiger partial charge >= 0.3 is 0 Å². The molecule has 208 valence electrons. The minimum atomic E-state index is -0.389. The molecule has 4 rings (SSSR count). The van der Waals surface area contributed by atoms with Crippen molar-refractivity contribution in [2.24, 2.45) is 35.5 Å². The molecule has 2 nitrogen and oxygen atoms in total. The number of carbonyl (C=O) groups is 1. The van der Waals surface area contributed by atoms with Crippen LogP contribution in [0.3, 0.4) is 0 Å². The van der Waals surface area contributed by atoms with Crippen LogP contribution < -0.4 is 4.74 Å². The lowest BCUT2D eigenvalue weighted by atomic mass is 9.64. The molecule has 3 aliphatic carbocycles. The molecule has 0 aliphatic heterocycles. The maximum absolute atomic E-state index is 14.5. The van der Waals surface area contributed by atoms with Gasteiger partial charge in [-0.1, -0.05) is 51.9 Å². The fraction of sp³-hybridized carbons (Fsp3) is 0.794. The standard InChI is InChI=1S/C34H53FO2/c1-4-7-25-10-14-27(15-11-25)29-18-20-30(21-19-29)28-16-12-26(13-17-28)8-6-9-32(36)31-22-23-33(37-5-2)34(35)24(31)3/h22-23,25-30H,4-21H2,1-3H3. The number of Topliss-reactive ketones (excluding diaryl/α,β-unsaturated/α-hetero) is 1. The van der Waals surface area contributed by atoms with Gasteiger partial charge in [-0.05, 0) is 125 Å². The maximum atomic E-state index is 14.5. The molecule has 3 saturated carbocycles. The molecular formula is C34H53FO2. The molecule has 0 heterocycles. The van der Waals surface area contributed by atoms with Gasteiger partial charge in [-0.15, -0.1) is 0 Å². The fourth-order valence-corrected chi connectivity index (χ4v) is 8.31. The highest BCUT2D eigenvalue weighted by Gasteiger charge is 2.34. The number of hydrogen-bond acceptors (Lipinski definition) is 2. The second-order valence-electron chi connectivity index (χ2n) is 12.8. The lowest BCUT2D eigenvalue weighted by Gasteiger charge is -2.41. The third-order valence-electron chi connectivity index (χ3n) is 10.6. The van der Waals surface area contributed by atoms with Crippen LogP contribution in [0.15, 0.2) is 12.1 Å². The Hall–Kier alpha value is -1.38. The Kier molecular flexibility index (Phi) is 10.9. The van der Waals surface area contributed by atoms with Gasteiger partial charge < -0.3 is 4.74 Å². The zero-order chi connectivity index (χ0) is 26.2. The molecule has 0 N–H and O–H groups in total. The van der Waals surface area contributed by atoms with Crippen molar-refractivity contribution in [2.75, 3.05) is 6.61 Å². The minimum Gasteiger partial charge on any atom is -0.491 e. The van der Waals surface area contributed by atoms with E-state index in [0.717, 1.165) is 48.3 Å². The second-order valence-corrected chi connectivity index (χ2v) is 12.8. The molecule has 3 aliphatic rings. The molecule has 37 heavy (non-hydrogen) atoms. The average Bonchev–Trinajstić information content (AvgIpc) is 2.92. The van der Waals surface area contributed by atoms with E-state index in [1.165, 1.54) is 89.9 Å². The number of rotatable bonds is 11. The summed E-state index contributed by atoms with van der Waals surface area (Å²) in [6.45, 7) is 6.30. The molecule has 0 saturated heterocycles. The fourth-order valence-electron chi connectivity index (χ4n) is 8.31. The van der Waals surface area contributed by atoms with Crippen molar-refractivity contribution in [3.63, 3.8) is 0 Å². The molecule has 3 fully saturated rings. The van der Waals surface area contributed by atoms with Crippen molar-refractivity contribution in [2.45, 2.75) is 130 Å². The van der Waals surface area contributed by atoms with E-state index >= 15 is 0 Å². The van der Waals surface area contributed by atoms with Crippen molar-refractivity contribution in [3.8, 4) is 5.75 Å². The molecule has 0 atom stereocenters. The molecule has 0 radical (unpaired) electrons. The van der Waals surface area contributed by atoms with Gasteiger partial charge in [0.1, 0.15) is 0 Å². The average molecular weight is 513 g/mol. The van der Waals surface area contributed by atoms with Gasteiger partial charge in [-0.3, -0.25) is 4.79 Å². The topological polar surface area (TPSA) is 26.3 Å². The summed E-state index contributed by atoms with van der Waals surface area (Å²) in [5.74, 6) is 5.73. The molecule has 1 aromatic rings. The van der Waals surface area contributed by atoms with Crippen LogP contribution in [0.2, 0.25) is 0 Å². The zero-order valence-corrected chi connectivity index (χ0v) is 24.0. The summed E-state index contributed by atoms with van der Waals surface area (Å²) in [6.07, 6.45) is 22.9. The molecular weight excluding hydrogens is 459 g/mol. The van der Waals surface area contributed by atoms with Crippen molar-refractivity contribution < 1.29 is 13.9 Å². The Labute approximate surface area is 226 Å². The van der Waals surface area contributed by atoms with E-state index in [4.69, 9.17) is 4.74 Å². The van der Waals surface area contributed by atoms with Crippen molar-refractivity contribution >= 4 is 5.78 Å². The van der Waals surface area contributed by atoms with E-state index < -0.39 is 0 Å². The summed E-state index contributed by atoms with van der Waals surface area (Å²) in [6, 6.07) is 3.34. The Bertz CT molecular complexity index is 840. The van der Waals surface area contributed by atoms with Crippen LogP contribution in [0.25, 0.3) is 0 Å². The number of hydrogen-bond donors (Lipinski definition) is 0. The lowest BCUT2D eigenvalue weighted by molar-refractivity contribution is 0.0960. The van der Waals surface area contributed by atoms with Gasteiger partial charge in [-0.2, -0.15) is 0 Å². The van der Waals surface area contributed by atoms with E-state index in [1.807, 2.05) is 6.92 Å². The Morgan fingerprint density at radius 2 is 1.27 bits per heavy atom. The Morgan fingerprint density at radius 1 is 0.784 bits per heavy atom. The predicted octanol–water partition coefficient (Wildman–Crippen LogP) is 10.1. The van der Waals surface area contributed by atoms with Gasteiger partial charge in [0.2, 0.25) is 0 Å². The highest BCUT2D eigenvalue weighted by Crippen LogP contribution is 2.46. The maximum Gasteiger partial charge on any atom is 0.168 e. The molecule has 0 amide bonds. The van der Waals surface area contributed by atoms with Crippen LogP contribution in [-0.2, 0) is 0 Å². The van der Waals surface area contributed by atoms with Gasteiger partial charge in [0, 0.05) is 12.0 Å². The van der Waals surface area contributed by atoms with Crippen LogP contribution in [0, 0.1) is 48.2 Å². The van der Waals surface area contributed by atoms with Crippen LogP contribution in [-0.4, -0.2) is 12.4 Å². The zero-order valence-electron chi connectivity index (χ0n) is 24.0. The molecule has 0 aromatic heterocycles. The largest absolute Gasteiger partial charge is 0.491 e. The first kappa shape index (κ1) is 28.6. The van der Waals surface area contributed by atoms with Gasteiger partial charge in [-0.25, -0.2) is 4.39 Å². The van der Waals surface area contributed by atoms with Crippen molar-refractivity contribution in [1.82, 2.24) is 0 Å². The summed E-state index contributed by atoms with van der Waals surface area (Å²) >= 11 is 0. The lowest BCUT2D eigenvalue weighted by Crippen LogP contribution is -2.29. The monoisotopic (exact) mass is 512 g/mol. The molecule has 0 bridgehead atoms. The third-order valence-corrected chi connectivity index (χ3v) is 10.6. The summed E-state index contributed by atoms with van der Waals surface area (Å²) in [5, 5.41) is 0. The summed E-state index contributed by atoms with van der Waals surface area (Å²) in [7, 11) is 0. The number of ether oxygens (including phenoxy) is 1. The number of ketones is 1. The quantitative estimate of drug-likeness (QED) is 0.276. The van der Waals surface area contributed by atoms with E-state index in [1.54, 1.807) is 19.1 Å². The second kappa shape index (κ2) is 14.1. The van der Waals surface area contributed by atoms with Gasteiger partial charge in [0.15, 0.2) is 17.3 Å². The SMILES string of the molecule is CCCC1CCC(C2CCC(C3CCC(CCCC(=O)c4ccc(OCC)c(F)c4C)CC3)CC2)CC1. The first-order chi connectivity index (χ1) is 18.0. The summed E-state index contributed by atoms with van der Waals surface area (Å²) in [5.41, 5.74) is 0.949. The van der Waals surface area contributed by atoms with Gasteiger partial charge in [0.25, 0.3) is 0 Å². The predicted molar refractivity (Wildman–Crippen MR) is 152 cm³/mol. The van der Waals surface area contributed by atoms with E-state index in [0.29, 0.717) is 24.2 Å². The van der Waals surface area contributed by atoms with Crippen LogP contribution in [0.5, 0.6) is 5.75 Å². The minimum absolute atomic E-state index is 0.0729. The highest BCUT2D eigenvalue weighted by atomic mass is 19.1. The van der Waals surface area contributed by atoms with E-state index in [2.05, 4.69) is 6.92 Å². The van der Waals surface area contributed by atoms with E-state index in [-0.39, 0.29) is 17.3 Å². The first-order valence-corrected chi connectivity index (χ1v) is 15.9. The molecule has 0 spiro atoms. The third kappa shape index (κ3) is 7.60. The molecule has 3 heteroatoms. The van der Waals surface area contributed by atoms with Crippen LogP contribution >= 0.6 is 0 Å². The van der Waals surface area contributed by atoms with E-state index in [9.17, 15) is 9.18 Å². The smallest absolute Gasteiger partial charge is 0.168 e. The van der Waals surface area contributed by atoms with Gasteiger partial charge in [0.05, 0.1) is 6.61 Å². The Balaban J connectivity index is 1.12. The number of halogens is 1. The summed E-state index contributed by atoms with van der Waals surface area (Å²) in [4.78, 5) is 12.8. The van der Waals surface area contributed by atoms with Crippen LogP contribution in [0.4, 0.5) is 4.39 Å². The highest BCUT2D eigenvalue weighted by molar-refractivity contribution is 5.97. The first-order valence-electron chi connectivity index (χ1n) is 15.9. The molecule has 0 unspecified atom stereocenters. The molecule has 1 aromatic carbocycles. The Morgan fingerprint density at radius 3 is 1.76 bits per heavy atom. The number of benzene rings is 1. The van der Waals surface area contributed by atoms with Crippen LogP contribution in [0.1, 0.15) is 139 Å². The number of carbonyl (C=O) groups excluding carboxylic acids is 1. The van der Waals surface area contributed by atoms with Crippen molar-refractivity contribution in [3.05, 3.63) is 29.1 Å². The van der Waals surface area contributed by atoms with Crippen molar-refractivity contribution in [1.29, 1.82) is 0 Å².